The lowest BCUT2D eigenvalue weighted by molar-refractivity contribution is 0.138. The Balaban J connectivity index is 1.90. The van der Waals surface area contributed by atoms with Crippen molar-refractivity contribution >= 4 is 5.96 Å². The SMILES string of the molecule is CN=C(NCc1c(C)nn(C)c1C)NCC1(CCOC)CCCC1. The van der Waals surface area contributed by atoms with E-state index in [0.717, 1.165) is 37.8 Å². The van der Waals surface area contributed by atoms with Gasteiger partial charge in [-0.15, -0.1) is 0 Å². The number of methoxy groups -OCH3 is 1. The predicted octanol–water partition coefficient (Wildman–Crippen LogP) is 2.30. The largest absolute Gasteiger partial charge is 0.385 e. The molecule has 6 heteroatoms. The molecule has 0 radical (unpaired) electrons. The fourth-order valence-electron chi connectivity index (χ4n) is 3.70. The highest BCUT2D eigenvalue weighted by Gasteiger charge is 2.33. The molecule has 1 fully saturated rings. The second-order valence-corrected chi connectivity index (χ2v) is 7.00. The van der Waals surface area contributed by atoms with E-state index in [0.29, 0.717) is 5.41 Å². The first kappa shape index (κ1) is 18.8. The molecule has 1 aromatic rings. The molecule has 1 aliphatic rings. The number of aromatic nitrogens is 2. The van der Waals surface area contributed by atoms with Gasteiger partial charge >= 0.3 is 0 Å². The Bertz CT molecular complexity index is 558. The summed E-state index contributed by atoms with van der Waals surface area (Å²) >= 11 is 0. The van der Waals surface area contributed by atoms with Crippen molar-refractivity contribution in [2.75, 3.05) is 27.3 Å². The first-order valence-electron chi connectivity index (χ1n) is 8.94. The number of hydrogen-bond acceptors (Lipinski definition) is 3. The van der Waals surface area contributed by atoms with Crippen molar-refractivity contribution in [3.8, 4) is 0 Å². The van der Waals surface area contributed by atoms with Crippen molar-refractivity contribution < 1.29 is 4.74 Å². The van der Waals surface area contributed by atoms with Gasteiger partial charge in [0, 0.05) is 52.2 Å². The van der Waals surface area contributed by atoms with E-state index in [2.05, 4.69) is 34.6 Å². The Labute approximate surface area is 146 Å². The van der Waals surface area contributed by atoms with Gasteiger partial charge in [0.05, 0.1) is 5.69 Å². The molecule has 136 valence electrons. The molecule has 6 nitrogen and oxygen atoms in total. The van der Waals surface area contributed by atoms with Gasteiger partial charge in [0.2, 0.25) is 0 Å². The smallest absolute Gasteiger partial charge is 0.191 e. The van der Waals surface area contributed by atoms with Gasteiger partial charge in [0.1, 0.15) is 0 Å². The first-order valence-corrected chi connectivity index (χ1v) is 8.94. The molecular weight excluding hydrogens is 302 g/mol. The lowest BCUT2D eigenvalue weighted by atomic mass is 9.83. The molecule has 0 aliphatic heterocycles. The molecule has 0 unspecified atom stereocenters. The number of ether oxygens (including phenoxy) is 1. The van der Waals surface area contributed by atoms with Crippen LogP contribution >= 0.6 is 0 Å². The van der Waals surface area contributed by atoms with Crippen LogP contribution in [0.15, 0.2) is 4.99 Å². The number of hydrogen-bond donors (Lipinski definition) is 2. The van der Waals surface area contributed by atoms with Gasteiger partial charge in [-0.2, -0.15) is 5.10 Å². The molecule has 24 heavy (non-hydrogen) atoms. The Morgan fingerprint density at radius 1 is 1.29 bits per heavy atom. The van der Waals surface area contributed by atoms with E-state index in [1.54, 1.807) is 7.11 Å². The minimum absolute atomic E-state index is 0.355. The second-order valence-electron chi connectivity index (χ2n) is 7.00. The number of rotatable bonds is 7. The van der Waals surface area contributed by atoms with Gasteiger partial charge in [-0.05, 0) is 38.5 Å². The van der Waals surface area contributed by atoms with Crippen LogP contribution in [0, 0.1) is 19.3 Å². The van der Waals surface area contributed by atoms with Crippen LogP contribution in [0.1, 0.15) is 49.1 Å². The molecular formula is C18H33N5O. The van der Waals surface area contributed by atoms with Crippen molar-refractivity contribution in [2.24, 2.45) is 17.5 Å². The van der Waals surface area contributed by atoms with Gasteiger partial charge in [-0.1, -0.05) is 12.8 Å². The lowest BCUT2D eigenvalue weighted by Gasteiger charge is -2.30. The first-order chi connectivity index (χ1) is 11.5. The van der Waals surface area contributed by atoms with E-state index in [1.165, 1.54) is 36.9 Å². The summed E-state index contributed by atoms with van der Waals surface area (Å²) in [4.78, 5) is 4.38. The summed E-state index contributed by atoms with van der Waals surface area (Å²) in [6.45, 7) is 6.70. The zero-order valence-corrected chi connectivity index (χ0v) is 15.9. The molecule has 0 spiro atoms. The van der Waals surface area contributed by atoms with Crippen LogP contribution in [0.25, 0.3) is 0 Å². The number of nitrogens with one attached hydrogen (secondary N) is 2. The quantitative estimate of drug-likeness (QED) is 0.593. The molecule has 1 heterocycles. The number of guanidine groups is 1. The van der Waals surface area contributed by atoms with Crippen LogP contribution in [0.2, 0.25) is 0 Å². The summed E-state index contributed by atoms with van der Waals surface area (Å²) < 4.78 is 7.24. The van der Waals surface area contributed by atoms with E-state index in [9.17, 15) is 0 Å². The van der Waals surface area contributed by atoms with Gasteiger partial charge in [-0.25, -0.2) is 0 Å². The summed E-state index contributed by atoms with van der Waals surface area (Å²) in [7, 11) is 5.60. The fraction of sp³-hybridized carbons (Fsp3) is 0.778. The maximum atomic E-state index is 5.31. The Morgan fingerprint density at radius 2 is 2.00 bits per heavy atom. The van der Waals surface area contributed by atoms with E-state index >= 15 is 0 Å². The normalized spacial score (nSPS) is 17.3. The lowest BCUT2D eigenvalue weighted by Crippen LogP contribution is -2.43. The van der Waals surface area contributed by atoms with Crippen molar-refractivity contribution in [2.45, 2.75) is 52.5 Å². The molecule has 0 saturated heterocycles. The Kier molecular flexibility index (Phi) is 6.66. The molecule has 2 N–H and O–H groups in total. The van der Waals surface area contributed by atoms with E-state index in [4.69, 9.17) is 4.74 Å². The maximum Gasteiger partial charge on any atom is 0.191 e. The molecule has 0 aromatic carbocycles. The average molecular weight is 335 g/mol. The number of aryl methyl sites for hydroxylation is 2. The minimum atomic E-state index is 0.355. The van der Waals surface area contributed by atoms with E-state index < -0.39 is 0 Å². The topological polar surface area (TPSA) is 63.5 Å². The standard InChI is InChI=1S/C18H33N5O/c1-14-16(15(2)23(4)22-14)12-20-17(19-3)21-13-18(10-11-24-5)8-6-7-9-18/h6-13H2,1-5H3,(H2,19,20,21). The molecule has 1 saturated carbocycles. The summed E-state index contributed by atoms with van der Waals surface area (Å²) in [5.41, 5.74) is 3.87. The average Bonchev–Trinajstić information content (AvgIpc) is 3.13. The fourth-order valence-corrected chi connectivity index (χ4v) is 3.70. The Hall–Kier alpha value is -1.56. The monoisotopic (exact) mass is 335 g/mol. The summed E-state index contributed by atoms with van der Waals surface area (Å²) in [6.07, 6.45) is 6.33. The molecule has 0 bridgehead atoms. The van der Waals surface area contributed by atoms with Crippen molar-refractivity contribution in [1.82, 2.24) is 20.4 Å². The summed E-state index contributed by atoms with van der Waals surface area (Å²) in [5.74, 6) is 0.862. The Morgan fingerprint density at radius 3 is 2.54 bits per heavy atom. The van der Waals surface area contributed by atoms with Gasteiger partial charge in [0.25, 0.3) is 0 Å². The zero-order chi connectivity index (χ0) is 17.6. The minimum Gasteiger partial charge on any atom is -0.385 e. The van der Waals surface area contributed by atoms with Crippen molar-refractivity contribution in [1.29, 1.82) is 0 Å². The third kappa shape index (κ3) is 4.50. The molecule has 0 atom stereocenters. The van der Waals surface area contributed by atoms with Crippen LogP contribution in [-0.4, -0.2) is 43.0 Å². The highest BCUT2D eigenvalue weighted by Crippen LogP contribution is 2.40. The number of nitrogens with zero attached hydrogens (tertiary/aromatic N) is 3. The maximum absolute atomic E-state index is 5.31. The predicted molar refractivity (Wildman–Crippen MR) is 98.3 cm³/mol. The van der Waals surface area contributed by atoms with Crippen LogP contribution in [-0.2, 0) is 18.3 Å². The highest BCUT2D eigenvalue weighted by atomic mass is 16.5. The van der Waals surface area contributed by atoms with E-state index in [1.807, 2.05) is 18.8 Å². The van der Waals surface area contributed by atoms with Crippen LogP contribution in [0.4, 0.5) is 0 Å². The summed E-state index contributed by atoms with van der Waals surface area (Å²) in [5, 5.41) is 11.4. The molecule has 1 aliphatic carbocycles. The highest BCUT2D eigenvalue weighted by molar-refractivity contribution is 5.79. The zero-order valence-electron chi connectivity index (χ0n) is 15.9. The molecule has 1 aromatic heterocycles. The third-order valence-electron chi connectivity index (χ3n) is 5.45. The van der Waals surface area contributed by atoms with Crippen molar-refractivity contribution in [3.63, 3.8) is 0 Å². The van der Waals surface area contributed by atoms with Crippen LogP contribution < -0.4 is 10.6 Å². The van der Waals surface area contributed by atoms with Crippen LogP contribution in [0.5, 0.6) is 0 Å². The van der Waals surface area contributed by atoms with Crippen LogP contribution in [0.3, 0.4) is 0 Å². The molecule has 2 rings (SSSR count). The van der Waals surface area contributed by atoms with Gasteiger partial charge in [0.15, 0.2) is 5.96 Å². The van der Waals surface area contributed by atoms with E-state index in [-0.39, 0.29) is 0 Å². The van der Waals surface area contributed by atoms with Gasteiger partial charge in [-0.3, -0.25) is 9.67 Å². The third-order valence-corrected chi connectivity index (χ3v) is 5.45. The second kappa shape index (κ2) is 8.51. The summed E-state index contributed by atoms with van der Waals surface area (Å²) in [6, 6.07) is 0. The molecule has 0 amide bonds. The number of aliphatic imine (C=N–C) groups is 1. The van der Waals surface area contributed by atoms with Gasteiger partial charge < -0.3 is 15.4 Å². The van der Waals surface area contributed by atoms with Crippen molar-refractivity contribution in [3.05, 3.63) is 17.0 Å².